The van der Waals surface area contributed by atoms with Crippen LogP contribution in [0.4, 0.5) is 5.69 Å². The van der Waals surface area contributed by atoms with Crippen LogP contribution in [0.3, 0.4) is 0 Å². The molecular weight excluding hydrogens is 386 g/mol. The topological polar surface area (TPSA) is 73.3 Å². The lowest BCUT2D eigenvalue weighted by atomic mass is 10.2. The largest absolute Gasteiger partial charge is 0.495 e. The summed E-state index contributed by atoms with van der Waals surface area (Å²) in [6, 6.07) is 11.2. The molecule has 6 nitrogen and oxygen atoms in total. The number of hydrogen-bond acceptors (Lipinski definition) is 5. The van der Waals surface area contributed by atoms with E-state index in [1.54, 1.807) is 13.2 Å². The van der Waals surface area contributed by atoms with E-state index in [4.69, 9.17) is 9.47 Å². The molecule has 0 unspecified atom stereocenters. The summed E-state index contributed by atoms with van der Waals surface area (Å²) in [5, 5.41) is 3.52. The monoisotopic (exact) mass is 401 g/mol. The summed E-state index contributed by atoms with van der Waals surface area (Å²) in [4.78, 5) is 20.5. The van der Waals surface area contributed by atoms with Crippen molar-refractivity contribution in [3.63, 3.8) is 0 Å². The summed E-state index contributed by atoms with van der Waals surface area (Å²) >= 11 is 3.41. The van der Waals surface area contributed by atoms with Gasteiger partial charge in [-0.1, -0.05) is 22.0 Å². The maximum atomic E-state index is 12.2. The highest BCUT2D eigenvalue weighted by Gasteiger charge is 2.11. The van der Waals surface area contributed by atoms with Gasteiger partial charge in [-0.05, 0) is 42.8 Å². The summed E-state index contributed by atoms with van der Waals surface area (Å²) < 4.78 is 11.7. The minimum absolute atomic E-state index is 0.171. The van der Waals surface area contributed by atoms with Crippen LogP contribution < -0.4 is 14.8 Å². The zero-order chi connectivity index (χ0) is 17.8. The first-order valence-corrected chi connectivity index (χ1v) is 8.33. The van der Waals surface area contributed by atoms with Gasteiger partial charge in [0.1, 0.15) is 12.1 Å². The van der Waals surface area contributed by atoms with Gasteiger partial charge in [0.2, 0.25) is 5.88 Å². The maximum Gasteiger partial charge on any atom is 0.262 e. The van der Waals surface area contributed by atoms with Gasteiger partial charge in [-0.15, -0.1) is 0 Å². The number of nitrogens with zero attached hydrogens (tertiary/aromatic N) is 2. The number of benzene rings is 2. The van der Waals surface area contributed by atoms with E-state index in [1.165, 1.54) is 6.33 Å². The average Bonchev–Trinajstić information content (AvgIpc) is 2.60. The Hall–Kier alpha value is -2.67. The molecule has 3 aromatic rings. The Morgan fingerprint density at radius 3 is 2.84 bits per heavy atom. The Labute approximate surface area is 153 Å². The van der Waals surface area contributed by atoms with E-state index >= 15 is 0 Å². The molecule has 1 heterocycles. The molecule has 0 saturated carbocycles. The molecule has 1 amide bonds. The van der Waals surface area contributed by atoms with Crippen LogP contribution in [0.25, 0.3) is 10.9 Å². The number of fused-ring (bicyclic) bond motifs is 1. The summed E-state index contributed by atoms with van der Waals surface area (Å²) in [6.07, 6.45) is 1.41. The van der Waals surface area contributed by atoms with Crippen molar-refractivity contribution in [2.45, 2.75) is 6.92 Å². The third kappa shape index (κ3) is 4.06. The van der Waals surface area contributed by atoms with Gasteiger partial charge in [0.25, 0.3) is 5.91 Å². The molecule has 7 heteroatoms. The molecule has 1 N–H and O–H groups in total. The predicted octanol–water partition coefficient (Wildman–Crippen LogP) is 3.73. The minimum atomic E-state index is -0.300. The van der Waals surface area contributed by atoms with Crippen molar-refractivity contribution in [1.82, 2.24) is 9.97 Å². The summed E-state index contributed by atoms with van der Waals surface area (Å²) in [7, 11) is 1.56. The summed E-state index contributed by atoms with van der Waals surface area (Å²) in [6.45, 7) is 1.77. The molecule has 0 aliphatic carbocycles. The standard InChI is InChI=1S/C18H16BrN3O3/c1-11-3-6-16(24-2)15(7-11)22-17(23)9-25-18-13-8-12(19)4-5-14(13)20-10-21-18/h3-8,10H,9H2,1-2H3,(H,22,23). The SMILES string of the molecule is COc1ccc(C)cc1NC(=O)COc1ncnc2ccc(Br)cc12. The van der Waals surface area contributed by atoms with Crippen molar-refractivity contribution in [3.8, 4) is 11.6 Å². The van der Waals surface area contributed by atoms with Crippen molar-refractivity contribution in [3.05, 3.63) is 52.8 Å². The molecule has 3 rings (SSSR count). The van der Waals surface area contributed by atoms with Crippen molar-refractivity contribution in [1.29, 1.82) is 0 Å². The van der Waals surface area contributed by atoms with Gasteiger partial charge in [0.15, 0.2) is 6.61 Å². The molecule has 0 radical (unpaired) electrons. The van der Waals surface area contributed by atoms with Crippen LogP contribution in [-0.4, -0.2) is 29.6 Å². The van der Waals surface area contributed by atoms with Gasteiger partial charge in [0, 0.05) is 4.47 Å². The number of halogens is 1. The second-order valence-electron chi connectivity index (χ2n) is 5.38. The molecule has 128 valence electrons. The number of aryl methyl sites for hydroxylation is 1. The molecule has 0 aliphatic heterocycles. The maximum absolute atomic E-state index is 12.2. The first-order chi connectivity index (χ1) is 12.1. The molecular formula is C18H16BrN3O3. The lowest BCUT2D eigenvalue weighted by Crippen LogP contribution is -2.21. The number of carbonyl (C=O) groups excluding carboxylic acids is 1. The highest BCUT2D eigenvalue weighted by atomic mass is 79.9. The van der Waals surface area contributed by atoms with Gasteiger partial charge in [-0.25, -0.2) is 9.97 Å². The number of amides is 1. The van der Waals surface area contributed by atoms with Crippen LogP contribution in [0.15, 0.2) is 47.2 Å². The molecule has 0 atom stereocenters. The van der Waals surface area contributed by atoms with Gasteiger partial charge < -0.3 is 14.8 Å². The lowest BCUT2D eigenvalue weighted by molar-refractivity contribution is -0.118. The first-order valence-electron chi connectivity index (χ1n) is 7.54. The Kier molecular flexibility index (Phi) is 5.14. The molecule has 0 spiro atoms. The highest BCUT2D eigenvalue weighted by molar-refractivity contribution is 9.10. The van der Waals surface area contributed by atoms with Crippen LogP contribution in [0.1, 0.15) is 5.56 Å². The fourth-order valence-electron chi connectivity index (χ4n) is 2.36. The number of nitrogens with one attached hydrogen (secondary N) is 1. The number of aromatic nitrogens is 2. The Morgan fingerprint density at radius 1 is 1.20 bits per heavy atom. The lowest BCUT2D eigenvalue weighted by Gasteiger charge is -2.12. The summed E-state index contributed by atoms with van der Waals surface area (Å²) in [5.74, 6) is 0.652. The molecule has 25 heavy (non-hydrogen) atoms. The average molecular weight is 402 g/mol. The van der Waals surface area contributed by atoms with Crippen LogP contribution in [0.2, 0.25) is 0 Å². The van der Waals surface area contributed by atoms with Gasteiger partial charge >= 0.3 is 0 Å². The third-order valence-electron chi connectivity index (χ3n) is 3.53. The summed E-state index contributed by atoms with van der Waals surface area (Å²) in [5.41, 5.74) is 2.36. The molecule has 0 aliphatic rings. The quantitative estimate of drug-likeness (QED) is 0.704. The van der Waals surface area contributed by atoms with Crippen LogP contribution >= 0.6 is 15.9 Å². The molecule has 1 aromatic heterocycles. The Bertz CT molecular complexity index is 931. The van der Waals surface area contributed by atoms with Crippen molar-refractivity contribution in [2.24, 2.45) is 0 Å². The number of hydrogen-bond donors (Lipinski definition) is 1. The number of rotatable bonds is 5. The van der Waals surface area contributed by atoms with Crippen molar-refractivity contribution < 1.29 is 14.3 Å². The van der Waals surface area contributed by atoms with E-state index < -0.39 is 0 Å². The van der Waals surface area contributed by atoms with E-state index in [0.717, 1.165) is 20.9 Å². The van der Waals surface area contributed by atoms with E-state index in [9.17, 15) is 4.79 Å². The van der Waals surface area contributed by atoms with E-state index in [-0.39, 0.29) is 12.5 Å². The van der Waals surface area contributed by atoms with Crippen molar-refractivity contribution >= 4 is 38.4 Å². The Balaban J connectivity index is 1.73. The first kappa shape index (κ1) is 17.2. The van der Waals surface area contributed by atoms with Crippen molar-refractivity contribution in [2.75, 3.05) is 19.0 Å². The molecule has 2 aromatic carbocycles. The van der Waals surface area contributed by atoms with E-state index in [0.29, 0.717) is 17.3 Å². The van der Waals surface area contributed by atoms with Crippen LogP contribution in [0, 0.1) is 6.92 Å². The van der Waals surface area contributed by atoms with Crippen LogP contribution in [-0.2, 0) is 4.79 Å². The van der Waals surface area contributed by atoms with Gasteiger partial charge in [0.05, 0.1) is 23.7 Å². The number of carbonyl (C=O) groups is 1. The normalized spacial score (nSPS) is 10.5. The Morgan fingerprint density at radius 2 is 2.04 bits per heavy atom. The zero-order valence-corrected chi connectivity index (χ0v) is 15.3. The zero-order valence-electron chi connectivity index (χ0n) is 13.7. The fourth-order valence-corrected chi connectivity index (χ4v) is 2.72. The molecule has 0 fully saturated rings. The van der Waals surface area contributed by atoms with E-state index in [1.807, 2.05) is 37.3 Å². The predicted molar refractivity (Wildman–Crippen MR) is 99.1 cm³/mol. The molecule has 0 saturated heterocycles. The second kappa shape index (κ2) is 7.48. The minimum Gasteiger partial charge on any atom is -0.495 e. The van der Waals surface area contributed by atoms with E-state index in [2.05, 4.69) is 31.2 Å². The smallest absolute Gasteiger partial charge is 0.262 e. The second-order valence-corrected chi connectivity index (χ2v) is 6.30. The number of ether oxygens (including phenoxy) is 2. The van der Waals surface area contributed by atoms with Gasteiger partial charge in [-0.3, -0.25) is 4.79 Å². The van der Waals surface area contributed by atoms with Gasteiger partial charge in [-0.2, -0.15) is 0 Å². The highest BCUT2D eigenvalue weighted by Crippen LogP contribution is 2.26. The van der Waals surface area contributed by atoms with Crippen LogP contribution in [0.5, 0.6) is 11.6 Å². The number of anilines is 1. The third-order valence-corrected chi connectivity index (χ3v) is 4.02. The number of methoxy groups -OCH3 is 1. The fraction of sp³-hybridized carbons (Fsp3) is 0.167. The molecule has 0 bridgehead atoms.